The average Bonchev–Trinajstić information content (AvgIpc) is 3.28. The van der Waals surface area contributed by atoms with E-state index in [1.54, 1.807) is 24.3 Å². The quantitative estimate of drug-likeness (QED) is 0.353. The van der Waals surface area contributed by atoms with E-state index < -0.39 is 15.9 Å². The van der Waals surface area contributed by atoms with E-state index in [4.69, 9.17) is 0 Å². The Labute approximate surface area is 244 Å². The summed E-state index contributed by atoms with van der Waals surface area (Å²) in [4.78, 5) is 27.2. The molecule has 0 spiro atoms. The minimum atomic E-state index is -3.49. The number of carbonyl (C=O) groups excluding carboxylic acids is 1. The molecule has 2 aromatic carbocycles. The predicted octanol–water partition coefficient (Wildman–Crippen LogP) is 4.60. The number of likely N-dealkylation sites (tertiary alicyclic amines) is 1. The van der Waals surface area contributed by atoms with Gasteiger partial charge in [-0.05, 0) is 105 Å². The van der Waals surface area contributed by atoms with Gasteiger partial charge in [-0.3, -0.25) is 4.79 Å². The van der Waals surface area contributed by atoms with Crippen LogP contribution in [0.1, 0.15) is 39.5 Å². The van der Waals surface area contributed by atoms with Gasteiger partial charge in [-0.25, -0.2) is 18.4 Å². The van der Waals surface area contributed by atoms with Crippen molar-refractivity contribution < 1.29 is 13.2 Å². The van der Waals surface area contributed by atoms with Crippen molar-refractivity contribution in [1.29, 1.82) is 0 Å². The van der Waals surface area contributed by atoms with E-state index in [0.717, 1.165) is 33.7 Å². The van der Waals surface area contributed by atoms with E-state index in [1.807, 2.05) is 29.2 Å². The molecule has 39 heavy (non-hydrogen) atoms. The summed E-state index contributed by atoms with van der Waals surface area (Å²) in [5, 5.41) is 4.28. The molecule has 0 radical (unpaired) electrons. The van der Waals surface area contributed by atoms with Crippen molar-refractivity contribution in [1.82, 2.24) is 19.8 Å². The molecule has 1 aromatic heterocycles. The number of nitrogens with zero attached hydrogens (tertiary/aromatic N) is 4. The third-order valence-electron chi connectivity index (χ3n) is 8.39. The predicted molar refractivity (Wildman–Crippen MR) is 162 cm³/mol. The molecule has 0 bridgehead atoms. The molecule has 208 valence electrons. The molecule has 1 aliphatic carbocycles. The molecule has 0 unspecified atom stereocenters. The maximum Gasteiger partial charge on any atom is 0.245 e. The third kappa shape index (κ3) is 6.07. The number of hydrogen-bond donors (Lipinski definition) is 1. The zero-order valence-corrected chi connectivity index (χ0v) is 25.6. The Balaban J connectivity index is 1.37. The van der Waals surface area contributed by atoms with Gasteiger partial charge in [0.05, 0.1) is 16.2 Å². The first kappa shape index (κ1) is 28.2. The summed E-state index contributed by atoms with van der Waals surface area (Å²) >= 11 is 2.26. The van der Waals surface area contributed by atoms with Crippen LogP contribution >= 0.6 is 22.6 Å². The second-order valence-electron chi connectivity index (χ2n) is 11.0. The fourth-order valence-electron chi connectivity index (χ4n) is 6.08. The van der Waals surface area contributed by atoms with Crippen molar-refractivity contribution in [2.75, 3.05) is 24.7 Å². The van der Waals surface area contributed by atoms with Gasteiger partial charge in [0.2, 0.25) is 5.91 Å². The van der Waals surface area contributed by atoms with Crippen LogP contribution in [0.4, 0.5) is 5.82 Å². The van der Waals surface area contributed by atoms with E-state index in [9.17, 15) is 13.2 Å². The van der Waals surface area contributed by atoms with Crippen molar-refractivity contribution in [3.63, 3.8) is 0 Å². The van der Waals surface area contributed by atoms with Crippen molar-refractivity contribution >= 4 is 55.1 Å². The molecular formula is C29H36IN5O3S. The number of halogens is 1. The molecule has 10 heteroatoms. The molecule has 1 aliphatic heterocycles. The summed E-state index contributed by atoms with van der Waals surface area (Å²) in [5.74, 6) is 0.583. The summed E-state index contributed by atoms with van der Waals surface area (Å²) < 4.78 is 28.0. The Bertz CT molecular complexity index is 1440. The van der Waals surface area contributed by atoms with Crippen molar-refractivity contribution in [3.8, 4) is 0 Å². The lowest BCUT2D eigenvalue weighted by Crippen LogP contribution is -2.52. The van der Waals surface area contributed by atoms with Crippen LogP contribution in [-0.4, -0.2) is 77.6 Å². The van der Waals surface area contributed by atoms with E-state index >= 15 is 0 Å². The monoisotopic (exact) mass is 661 g/mol. The lowest BCUT2D eigenvalue weighted by molar-refractivity contribution is -0.132. The molecule has 2 aliphatic rings. The molecule has 2 fully saturated rings. The minimum Gasteiger partial charge on any atom is -0.358 e. The molecule has 5 rings (SSSR count). The number of carbonyl (C=O) groups is 1. The standard InChI is InChI=1S/C29H36IN5O3S/c1-19(2)34(3)22-10-12-27(20(15-22)17-39(37,38)23-7-5-4-6-8-23)35-14-13-26(29(35)36)33-28-24-16-21(30)9-11-25(24)31-18-32-28/h4-9,11,16,18-20,22,26-27H,10,12-15,17H2,1-3H3,(H,31,32,33)/t20-,22+,26-,27-/m0/s1. The number of nitrogens with one attached hydrogen (secondary N) is 1. The van der Waals surface area contributed by atoms with Crippen LogP contribution in [0.15, 0.2) is 59.8 Å². The highest BCUT2D eigenvalue weighted by Gasteiger charge is 2.44. The largest absolute Gasteiger partial charge is 0.358 e. The number of anilines is 1. The van der Waals surface area contributed by atoms with Crippen LogP contribution in [0, 0.1) is 9.49 Å². The van der Waals surface area contributed by atoms with Gasteiger partial charge in [-0.15, -0.1) is 0 Å². The van der Waals surface area contributed by atoms with Gasteiger partial charge in [0, 0.05) is 33.6 Å². The maximum atomic E-state index is 13.8. The number of hydrogen-bond acceptors (Lipinski definition) is 7. The van der Waals surface area contributed by atoms with Gasteiger partial charge in [-0.1, -0.05) is 18.2 Å². The SMILES string of the molecule is CC(C)N(C)[C@@H]1CC[C@H](N2CC[C@H](Nc3ncnc4ccc(I)cc34)C2=O)[C@H](CS(=O)(=O)c2ccccc2)C1. The van der Waals surface area contributed by atoms with Crippen LogP contribution in [0.3, 0.4) is 0 Å². The van der Waals surface area contributed by atoms with E-state index in [2.05, 4.69) is 63.7 Å². The highest BCUT2D eigenvalue weighted by molar-refractivity contribution is 14.1. The molecular weight excluding hydrogens is 625 g/mol. The Hall–Kier alpha value is -2.31. The third-order valence-corrected chi connectivity index (χ3v) is 10.9. The van der Waals surface area contributed by atoms with Crippen LogP contribution in [0.2, 0.25) is 0 Å². The number of sulfone groups is 1. The summed E-state index contributed by atoms with van der Waals surface area (Å²) in [6.45, 7) is 4.94. The molecule has 1 N–H and O–H groups in total. The molecule has 2 heterocycles. The zero-order valence-electron chi connectivity index (χ0n) is 22.6. The van der Waals surface area contributed by atoms with Gasteiger partial charge in [-0.2, -0.15) is 0 Å². The van der Waals surface area contributed by atoms with E-state index in [0.29, 0.717) is 35.8 Å². The number of fused-ring (bicyclic) bond motifs is 1. The summed E-state index contributed by atoms with van der Waals surface area (Å²) in [6.07, 6.45) is 4.66. The molecule has 3 aromatic rings. The Morgan fingerprint density at radius 1 is 1.10 bits per heavy atom. The van der Waals surface area contributed by atoms with Gasteiger partial charge in [0.1, 0.15) is 18.2 Å². The first-order chi connectivity index (χ1) is 18.6. The smallest absolute Gasteiger partial charge is 0.245 e. The van der Waals surface area contributed by atoms with Gasteiger partial charge in [0.25, 0.3) is 0 Å². The minimum absolute atomic E-state index is 0.0233. The Kier molecular flexibility index (Phi) is 8.44. The maximum absolute atomic E-state index is 13.8. The van der Waals surface area contributed by atoms with Crippen LogP contribution in [-0.2, 0) is 14.6 Å². The Morgan fingerprint density at radius 2 is 1.87 bits per heavy atom. The normalized spacial score (nSPS) is 24.2. The highest BCUT2D eigenvalue weighted by atomic mass is 127. The molecule has 8 nitrogen and oxygen atoms in total. The number of amides is 1. The summed E-state index contributed by atoms with van der Waals surface area (Å²) in [7, 11) is -1.37. The lowest BCUT2D eigenvalue weighted by Gasteiger charge is -2.44. The van der Waals surface area contributed by atoms with Crippen LogP contribution in [0.5, 0.6) is 0 Å². The Morgan fingerprint density at radius 3 is 2.62 bits per heavy atom. The molecule has 1 saturated carbocycles. The van der Waals surface area contributed by atoms with Crippen molar-refractivity contribution in [2.24, 2.45) is 5.92 Å². The average molecular weight is 662 g/mol. The van der Waals surface area contributed by atoms with E-state index in [1.165, 1.54) is 6.33 Å². The fourth-order valence-corrected chi connectivity index (χ4v) is 8.26. The van der Waals surface area contributed by atoms with E-state index in [-0.39, 0.29) is 23.6 Å². The lowest BCUT2D eigenvalue weighted by atomic mass is 9.81. The van der Waals surface area contributed by atoms with Gasteiger partial charge >= 0.3 is 0 Å². The summed E-state index contributed by atoms with van der Waals surface area (Å²) in [6, 6.07) is 14.8. The molecule has 4 atom stereocenters. The van der Waals surface area contributed by atoms with Crippen LogP contribution < -0.4 is 5.32 Å². The van der Waals surface area contributed by atoms with Crippen LogP contribution in [0.25, 0.3) is 10.9 Å². The highest BCUT2D eigenvalue weighted by Crippen LogP contribution is 2.36. The topological polar surface area (TPSA) is 95.5 Å². The van der Waals surface area contributed by atoms with Crippen molar-refractivity contribution in [3.05, 3.63) is 58.4 Å². The molecule has 1 saturated heterocycles. The van der Waals surface area contributed by atoms with Gasteiger partial charge in [0.15, 0.2) is 9.84 Å². The summed E-state index contributed by atoms with van der Waals surface area (Å²) in [5.41, 5.74) is 0.828. The molecule has 1 amide bonds. The second kappa shape index (κ2) is 11.7. The number of rotatable bonds is 8. The number of benzene rings is 2. The van der Waals surface area contributed by atoms with Crippen molar-refractivity contribution in [2.45, 2.75) is 68.6 Å². The zero-order chi connectivity index (χ0) is 27.7. The number of aromatic nitrogens is 2. The first-order valence-electron chi connectivity index (χ1n) is 13.6. The first-order valence-corrected chi connectivity index (χ1v) is 16.3. The van der Waals surface area contributed by atoms with Gasteiger partial charge < -0.3 is 15.1 Å². The fraction of sp³-hybridized carbons (Fsp3) is 0.483. The second-order valence-corrected chi connectivity index (χ2v) is 14.3.